The van der Waals surface area contributed by atoms with Crippen molar-refractivity contribution in [3.05, 3.63) is 29.5 Å². The summed E-state index contributed by atoms with van der Waals surface area (Å²) in [7, 11) is -3.20. The lowest BCUT2D eigenvalue weighted by Gasteiger charge is -2.14. The molecular weight excluding hydrogens is 414 g/mol. The number of hydrogen-bond donors (Lipinski definition) is 4. The van der Waals surface area contributed by atoms with Gasteiger partial charge in [-0.25, -0.2) is 14.4 Å². The first kappa shape index (κ1) is 21.4. The zero-order valence-electron chi connectivity index (χ0n) is 15.0. The van der Waals surface area contributed by atoms with Crippen LogP contribution in [0.2, 0.25) is 0 Å². The number of nitrogens with one attached hydrogen (secondary N) is 2. The molecule has 156 valence electrons. The molecule has 0 radical (unpaired) electrons. The Morgan fingerprint density at radius 3 is 2.93 bits per heavy atom. The van der Waals surface area contributed by atoms with Crippen LogP contribution in [0, 0.1) is 0 Å². The number of amidine groups is 1. The summed E-state index contributed by atoms with van der Waals surface area (Å²) >= 11 is 5.82. The van der Waals surface area contributed by atoms with E-state index in [1.807, 2.05) is 0 Å². The zero-order valence-corrected chi connectivity index (χ0v) is 16.7. The van der Waals surface area contributed by atoms with Gasteiger partial charge >= 0.3 is 8.25 Å². The zero-order chi connectivity index (χ0) is 20.3. The maximum absolute atomic E-state index is 14.5. The van der Waals surface area contributed by atoms with Gasteiger partial charge in [0, 0.05) is 6.04 Å². The first-order valence-corrected chi connectivity index (χ1v) is 10.6. The van der Waals surface area contributed by atoms with Crippen molar-refractivity contribution in [1.82, 2.24) is 15.3 Å². The summed E-state index contributed by atoms with van der Waals surface area (Å²) in [4.78, 5) is 20.1. The van der Waals surface area contributed by atoms with Gasteiger partial charge in [0.15, 0.2) is 17.8 Å². The molecule has 4 N–H and O–H groups in total. The molecule has 0 aromatic carbocycles. The van der Waals surface area contributed by atoms with E-state index in [9.17, 15) is 14.1 Å². The minimum Gasteiger partial charge on any atom is -0.387 e. The Morgan fingerprint density at radius 1 is 1.57 bits per heavy atom. The normalized spacial score (nSPS) is 29.9. The van der Waals surface area contributed by atoms with Gasteiger partial charge in [-0.1, -0.05) is 31.0 Å². The van der Waals surface area contributed by atoms with E-state index in [0.717, 1.165) is 25.7 Å². The van der Waals surface area contributed by atoms with Gasteiger partial charge in [-0.05, 0) is 12.8 Å². The van der Waals surface area contributed by atoms with E-state index in [0.29, 0.717) is 17.4 Å². The van der Waals surface area contributed by atoms with Crippen LogP contribution >= 0.6 is 19.9 Å². The molecule has 2 heterocycles. The summed E-state index contributed by atoms with van der Waals surface area (Å²) in [5.74, 6) is 0.736. The number of aromatic nitrogens is 2. The maximum atomic E-state index is 14.5. The smallest absolute Gasteiger partial charge is 0.316 e. The number of imidazole rings is 1. The van der Waals surface area contributed by atoms with Crippen molar-refractivity contribution in [2.45, 2.75) is 56.2 Å². The number of aromatic amines is 1. The number of hydrogen-bond acceptors (Lipinski definition) is 6. The fraction of sp³-hybridized carbons (Fsp3) is 0.625. The Hall–Kier alpha value is -1.29. The van der Waals surface area contributed by atoms with Crippen LogP contribution in [-0.4, -0.2) is 56.8 Å². The topological polar surface area (TPSA) is 129 Å². The molecule has 1 aromatic heterocycles. The Kier molecular flexibility index (Phi) is 7.25. The molecule has 1 aliphatic heterocycles. The highest BCUT2D eigenvalue weighted by Crippen LogP contribution is 2.36. The summed E-state index contributed by atoms with van der Waals surface area (Å²) in [6, 6.07) is 0.241. The quantitative estimate of drug-likeness (QED) is 0.222. The van der Waals surface area contributed by atoms with Crippen molar-refractivity contribution in [2.75, 3.05) is 6.61 Å². The van der Waals surface area contributed by atoms with Crippen LogP contribution in [0.25, 0.3) is 0 Å². The molecule has 1 saturated carbocycles. The van der Waals surface area contributed by atoms with Crippen molar-refractivity contribution < 1.29 is 28.2 Å². The Morgan fingerprint density at radius 2 is 2.29 bits per heavy atom. The van der Waals surface area contributed by atoms with Gasteiger partial charge in [0.2, 0.25) is 0 Å². The molecule has 28 heavy (non-hydrogen) atoms. The molecule has 5 atom stereocenters. The lowest BCUT2D eigenvalue weighted by atomic mass is 10.1. The highest BCUT2D eigenvalue weighted by Gasteiger charge is 2.46. The predicted molar refractivity (Wildman–Crippen MR) is 101 cm³/mol. The van der Waals surface area contributed by atoms with E-state index < -0.39 is 39.3 Å². The third-order valence-corrected chi connectivity index (χ3v) is 5.24. The van der Waals surface area contributed by atoms with Crippen molar-refractivity contribution in [1.29, 1.82) is 0 Å². The number of aliphatic hydroxyl groups is 1. The Balaban J connectivity index is 1.74. The van der Waals surface area contributed by atoms with E-state index >= 15 is 0 Å². The summed E-state index contributed by atoms with van der Waals surface area (Å²) in [6.07, 6.45) is 0.190. The van der Waals surface area contributed by atoms with Crippen LogP contribution in [0.3, 0.4) is 0 Å². The monoisotopic (exact) mass is 436 g/mol. The fourth-order valence-electron chi connectivity index (χ4n) is 3.40. The van der Waals surface area contributed by atoms with Gasteiger partial charge in [-0.15, -0.1) is 0 Å². The second-order valence-corrected chi connectivity index (χ2v) is 8.01. The van der Waals surface area contributed by atoms with Crippen molar-refractivity contribution in [3.8, 4) is 0 Å². The molecule has 12 heteroatoms. The van der Waals surface area contributed by atoms with Crippen LogP contribution in [-0.2, 0) is 13.8 Å². The first-order chi connectivity index (χ1) is 13.3. The third kappa shape index (κ3) is 5.20. The summed E-state index contributed by atoms with van der Waals surface area (Å²) in [5.41, 5.74) is 0.293. The van der Waals surface area contributed by atoms with Gasteiger partial charge in [-0.3, -0.25) is 4.57 Å². The highest BCUT2D eigenvalue weighted by atomic mass is 35.5. The molecule has 1 aliphatic carbocycles. The van der Waals surface area contributed by atoms with Crippen LogP contribution in [0.15, 0.2) is 22.9 Å². The molecule has 0 bridgehead atoms. The number of alkyl halides is 1. The molecule has 0 amide bonds. The molecule has 1 aromatic rings. The number of aliphatic imine (C=N–C) groups is 1. The fourth-order valence-corrected chi connectivity index (χ4v) is 3.79. The lowest BCUT2D eigenvalue weighted by Crippen LogP contribution is -2.34. The number of rotatable bonds is 7. The van der Waals surface area contributed by atoms with Crippen molar-refractivity contribution in [3.63, 3.8) is 0 Å². The molecule has 3 rings (SSSR count). The van der Waals surface area contributed by atoms with Gasteiger partial charge in [0.05, 0.1) is 18.5 Å². The van der Waals surface area contributed by atoms with Crippen molar-refractivity contribution >= 4 is 25.7 Å². The minimum absolute atomic E-state index is 0.0748. The number of halogens is 2. The van der Waals surface area contributed by atoms with E-state index in [1.165, 1.54) is 6.20 Å². The Labute approximate surface area is 167 Å². The molecule has 1 saturated heterocycles. The van der Waals surface area contributed by atoms with E-state index in [2.05, 4.69) is 31.4 Å². The van der Waals surface area contributed by atoms with Crippen LogP contribution in [0.4, 0.5) is 4.39 Å². The largest absolute Gasteiger partial charge is 0.387 e. The van der Waals surface area contributed by atoms with Crippen LogP contribution in [0.5, 0.6) is 0 Å². The average molecular weight is 437 g/mol. The van der Waals surface area contributed by atoms with Gasteiger partial charge in [0.1, 0.15) is 23.5 Å². The maximum Gasteiger partial charge on any atom is 0.316 e. The van der Waals surface area contributed by atoms with Crippen LogP contribution in [0.1, 0.15) is 43.3 Å². The van der Waals surface area contributed by atoms with E-state index in [1.54, 1.807) is 0 Å². The average Bonchev–Trinajstić information content (AvgIpc) is 3.35. The standard InChI is InChI=1S/C16H23ClFN4O5P/c1-8(17)20-16(21-9-4-2-3-5-9)15-19-6-10(22-15)14-12(18)13(23)11(27-14)7-26-28(24)25/h6,9,11-14,23,28H,1-5,7H2,(H,19,22)(H,20,21)(H,24,25)/t11-,12+,13-,14+/m1/s1. The molecule has 0 spiro atoms. The SMILES string of the molecule is C=C(Cl)/N=C(/NC1CCCC1)c1ncc([C@@H]2O[C@H](CO[PH](=O)O)[C@@H](O)[C@@H]2F)[nH]1. The highest BCUT2D eigenvalue weighted by molar-refractivity contribution is 7.32. The second-order valence-electron chi connectivity index (χ2n) is 6.76. The van der Waals surface area contributed by atoms with Gasteiger partial charge in [0.25, 0.3) is 0 Å². The van der Waals surface area contributed by atoms with Crippen LogP contribution < -0.4 is 5.32 Å². The third-order valence-electron chi connectivity index (χ3n) is 4.74. The molecule has 2 aliphatic rings. The Bertz CT molecular complexity index is 757. The predicted octanol–water partition coefficient (Wildman–Crippen LogP) is 1.94. The molecule has 2 fully saturated rings. The first-order valence-electron chi connectivity index (χ1n) is 8.93. The number of aliphatic hydroxyl groups excluding tert-OH is 1. The molecule has 1 unspecified atom stereocenters. The summed E-state index contributed by atoms with van der Waals surface area (Å²) in [6.45, 7) is 3.17. The summed E-state index contributed by atoms with van der Waals surface area (Å²) in [5, 5.41) is 13.3. The van der Waals surface area contributed by atoms with Crippen molar-refractivity contribution in [2.24, 2.45) is 4.99 Å². The van der Waals surface area contributed by atoms with Gasteiger partial charge in [-0.2, -0.15) is 0 Å². The second kappa shape index (κ2) is 9.47. The lowest BCUT2D eigenvalue weighted by molar-refractivity contribution is -0.0181. The molecular formula is C16H23ClFN4O5P. The minimum atomic E-state index is -3.20. The van der Waals surface area contributed by atoms with E-state index in [4.69, 9.17) is 21.2 Å². The summed E-state index contributed by atoms with van der Waals surface area (Å²) < 4.78 is 35.2. The van der Waals surface area contributed by atoms with E-state index in [-0.39, 0.29) is 11.2 Å². The molecule has 9 nitrogen and oxygen atoms in total. The number of H-pyrrole nitrogens is 1. The number of ether oxygens (including phenoxy) is 1. The number of nitrogens with zero attached hydrogens (tertiary/aromatic N) is 2. The van der Waals surface area contributed by atoms with Gasteiger partial charge < -0.3 is 29.6 Å².